The van der Waals surface area contributed by atoms with E-state index in [-0.39, 0.29) is 17.9 Å². The molecule has 1 heterocycles. The minimum absolute atomic E-state index is 0.0456. The number of carbonyl (C=O) groups is 2. The average molecular weight is 322 g/mol. The first-order valence-corrected chi connectivity index (χ1v) is 8.19. The Morgan fingerprint density at radius 3 is 2.42 bits per heavy atom. The van der Waals surface area contributed by atoms with Crippen LogP contribution in [0.2, 0.25) is 0 Å². The van der Waals surface area contributed by atoms with Gasteiger partial charge in [-0.15, -0.1) is 0 Å². The highest BCUT2D eigenvalue weighted by Gasteiger charge is 2.31. The van der Waals surface area contributed by atoms with Crippen molar-refractivity contribution >= 4 is 17.5 Å². The van der Waals surface area contributed by atoms with Crippen LogP contribution in [0.4, 0.5) is 5.69 Å². The van der Waals surface area contributed by atoms with Gasteiger partial charge in [-0.3, -0.25) is 9.59 Å². The molecule has 0 saturated carbocycles. The third-order valence-electron chi connectivity index (χ3n) is 4.57. The quantitative estimate of drug-likeness (QED) is 0.944. The molecule has 0 spiro atoms. The highest BCUT2D eigenvalue weighted by Crippen LogP contribution is 2.22. The molecule has 1 N–H and O–H groups in total. The molecule has 2 aromatic rings. The van der Waals surface area contributed by atoms with E-state index in [2.05, 4.69) is 5.32 Å². The summed E-state index contributed by atoms with van der Waals surface area (Å²) in [5.74, 6) is -0.0779. The molecule has 0 aliphatic carbocycles. The maximum atomic E-state index is 12.4. The highest BCUT2D eigenvalue weighted by atomic mass is 16.2. The Labute approximate surface area is 142 Å². The Bertz CT molecular complexity index is 781. The molecule has 1 atom stereocenters. The standard InChI is InChI=1S/C20H22N2O2/c1-13-4-8-18(9-5-13)22-12-17(11-19(22)23)21-20(24)16-7-6-14(2)15(3)10-16/h4-10,17H,11-12H2,1-3H3,(H,21,24)/t17-/m0/s1. The topological polar surface area (TPSA) is 49.4 Å². The predicted molar refractivity (Wildman–Crippen MR) is 95.3 cm³/mol. The number of hydrogen-bond acceptors (Lipinski definition) is 2. The van der Waals surface area contributed by atoms with Crippen molar-refractivity contribution in [2.24, 2.45) is 0 Å². The Morgan fingerprint density at radius 1 is 1.04 bits per heavy atom. The largest absolute Gasteiger partial charge is 0.347 e. The predicted octanol–water partition coefficient (Wildman–Crippen LogP) is 3.15. The molecule has 0 bridgehead atoms. The summed E-state index contributed by atoms with van der Waals surface area (Å²) < 4.78 is 0. The number of aryl methyl sites for hydroxylation is 3. The third-order valence-corrected chi connectivity index (χ3v) is 4.57. The summed E-state index contributed by atoms with van der Waals surface area (Å²) in [4.78, 5) is 26.4. The molecule has 2 aromatic carbocycles. The van der Waals surface area contributed by atoms with Crippen LogP contribution in [-0.4, -0.2) is 24.4 Å². The zero-order valence-electron chi connectivity index (χ0n) is 14.3. The fourth-order valence-corrected chi connectivity index (χ4v) is 2.93. The van der Waals surface area contributed by atoms with Crippen LogP contribution in [0.3, 0.4) is 0 Å². The van der Waals surface area contributed by atoms with Crippen molar-refractivity contribution in [2.75, 3.05) is 11.4 Å². The van der Waals surface area contributed by atoms with Gasteiger partial charge in [0.25, 0.3) is 5.91 Å². The van der Waals surface area contributed by atoms with Crippen LogP contribution in [-0.2, 0) is 4.79 Å². The molecule has 1 fully saturated rings. The molecule has 4 heteroatoms. The smallest absolute Gasteiger partial charge is 0.251 e. The number of anilines is 1. The Balaban J connectivity index is 1.68. The molecular formula is C20H22N2O2. The zero-order chi connectivity index (χ0) is 17.3. The maximum absolute atomic E-state index is 12.4. The van der Waals surface area contributed by atoms with Crippen LogP contribution in [0.25, 0.3) is 0 Å². The normalized spacial score (nSPS) is 17.2. The fourth-order valence-electron chi connectivity index (χ4n) is 2.93. The molecular weight excluding hydrogens is 300 g/mol. The van der Waals surface area contributed by atoms with Crippen molar-refractivity contribution in [3.8, 4) is 0 Å². The van der Waals surface area contributed by atoms with Gasteiger partial charge in [0, 0.05) is 24.2 Å². The van der Waals surface area contributed by atoms with Gasteiger partial charge >= 0.3 is 0 Å². The van der Waals surface area contributed by atoms with Crippen molar-refractivity contribution in [3.05, 3.63) is 64.7 Å². The number of nitrogens with zero attached hydrogens (tertiary/aromatic N) is 1. The molecule has 2 amide bonds. The van der Waals surface area contributed by atoms with Crippen LogP contribution in [0, 0.1) is 20.8 Å². The molecule has 24 heavy (non-hydrogen) atoms. The molecule has 0 aromatic heterocycles. The number of benzene rings is 2. The van der Waals surface area contributed by atoms with Gasteiger partial charge in [0.05, 0.1) is 6.04 Å². The summed E-state index contributed by atoms with van der Waals surface area (Å²) in [5, 5.41) is 2.98. The van der Waals surface area contributed by atoms with E-state index < -0.39 is 0 Å². The fraction of sp³-hybridized carbons (Fsp3) is 0.300. The van der Waals surface area contributed by atoms with Gasteiger partial charge in [-0.25, -0.2) is 0 Å². The van der Waals surface area contributed by atoms with Crippen LogP contribution in [0.15, 0.2) is 42.5 Å². The lowest BCUT2D eigenvalue weighted by molar-refractivity contribution is -0.117. The first-order valence-electron chi connectivity index (χ1n) is 8.19. The number of amides is 2. The van der Waals surface area contributed by atoms with E-state index in [0.29, 0.717) is 18.5 Å². The van der Waals surface area contributed by atoms with Crippen LogP contribution >= 0.6 is 0 Å². The van der Waals surface area contributed by atoms with Gasteiger partial charge < -0.3 is 10.2 Å². The van der Waals surface area contributed by atoms with Crippen LogP contribution in [0.5, 0.6) is 0 Å². The van der Waals surface area contributed by atoms with Crippen molar-refractivity contribution in [2.45, 2.75) is 33.2 Å². The maximum Gasteiger partial charge on any atom is 0.251 e. The Hall–Kier alpha value is -2.62. The van der Waals surface area contributed by atoms with Gasteiger partial charge in [0.1, 0.15) is 0 Å². The Kier molecular flexibility index (Phi) is 4.38. The number of rotatable bonds is 3. The molecule has 0 radical (unpaired) electrons. The van der Waals surface area contributed by atoms with E-state index in [0.717, 1.165) is 22.4 Å². The van der Waals surface area contributed by atoms with E-state index in [9.17, 15) is 9.59 Å². The lowest BCUT2D eigenvalue weighted by Gasteiger charge is -2.17. The number of carbonyl (C=O) groups excluding carboxylic acids is 2. The lowest BCUT2D eigenvalue weighted by Crippen LogP contribution is -2.37. The van der Waals surface area contributed by atoms with Crippen molar-refractivity contribution in [1.29, 1.82) is 0 Å². The summed E-state index contributed by atoms with van der Waals surface area (Å²) in [5.41, 5.74) is 4.93. The molecule has 1 aliphatic rings. The summed E-state index contributed by atoms with van der Waals surface area (Å²) in [6, 6.07) is 13.4. The van der Waals surface area contributed by atoms with E-state index in [1.165, 1.54) is 0 Å². The minimum Gasteiger partial charge on any atom is -0.347 e. The summed E-state index contributed by atoms with van der Waals surface area (Å²) in [6.45, 7) is 6.54. The second-order valence-electron chi connectivity index (χ2n) is 6.51. The van der Waals surface area contributed by atoms with Crippen molar-refractivity contribution < 1.29 is 9.59 Å². The highest BCUT2D eigenvalue weighted by molar-refractivity contribution is 5.99. The van der Waals surface area contributed by atoms with Gasteiger partial charge in [-0.2, -0.15) is 0 Å². The van der Waals surface area contributed by atoms with E-state index in [1.54, 1.807) is 4.90 Å². The Morgan fingerprint density at radius 2 is 1.75 bits per heavy atom. The van der Waals surface area contributed by atoms with Gasteiger partial charge in [0.2, 0.25) is 5.91 Å². The summed E-state index contributed by atoms with van der Waals surface area (Å²) in [6.07, 6.45) is 0.338. The number of nitrogens with one attached hydrogen (secondary N) is 1. The van der Waals surface area contributed by atoms with Crippen molar-refractivity contribution in [1.82, 2.24) is 5.32 Å². The molecule has 124 valence electrons. The lowest BCUT2D eigenvalue weighted by atomic mass is 10.1. The van der Waals surface area contributed by atoms with E-state index >= 15 is 0 Å². The second-order valence-corrected chi connectivity index (χ2v) is 6.51. The molecule has 1 aliphatic heterocycles. The average Bonchev–Trinajstić information content (AvgIpc) is 2.91. The third kappa shape index (κ3) is 3.32. The number of hydrogen-bond donors (Lipinski definition) is 1. The van der Waals surface area contributed by atoms with E-state index in [4.69, 9.17) is 0 Å². The van der Waals surface area contributed by atoms with Gasteiger partial charge in [-0.05, 0) is 56.2 Å². The SMILES string of the molecule is Cc1ccc(N2C[C@@H](NC(=O)c3ccc(C)c(C)c3)CC2=O)cc1. The van der Waals surface area contributed by atoms with Gasteiger partial charge in [0.15, 0.2) is 0 Å². The summed E-state index contributed by atoms with van der Waals surface area (Å²) in [7, 11) is 0. The summed E-state index contributed by atoms with van der Waals surface area (Å²) >= 11 is 0. The second kappa shape index (κ2) is 6.48. The zero-order valence-corrected chi connectivity index (χ0v) is 14.3. The first kappa shape index (κ1) is 16.2. The van der Waals surface area contributed by atoms with E-state index in [1.807, 2.05) is 63.2 Å². The molecule has 3 rings (SSSR count). The van der Waals surface area contributed by atoms with Crippen LogP contribution in [0.1, 0.15) is 33.5 Å². The molecule has 4 nitrogen and oxygen atoms in total. The molecule has 0 unspecified atom stereocenters. The van der Waals surface area contributed by atoms with Crippen LogP contribution < -0.4 is 10.2 Å². The molecule has 1 saturated heterocycles. The van der Waals surface area contributed by atoms with Gasteiger partial charge in [-0.1, -0.05) is 23.8 Å². The van der Waals surface area contributed by atoms with Crippen molar-refractivity contribution in [3.63, 3.8) is 0 Å². The minimum atomic E-state index is -0.159. The monoisotopic (exact) mass is 322 g/mol. The first-order chi connectivity index (χ1) is 11.4.